The monoisotopic (exact) mass is 346 g/mol. The highest BCUT2D eigenvalue weighted by Crippen LogP contribution is 2.35. The third-order valence-electron chi connectivity index (χ3n) is 4.38. The largest absolute Gasteiger partial charge is 0.507 e. The molecule has 0 spiro atoms. The molecule has 3 heterocycles. The fourth-order valence-corrected chi connectivity index (χ4v) is 3.12. The van der Waals surface area contributed by atoms with Crippen molar-refractivity contribution in [1.29, 1.82) is 0 Å². The number of benzene rings is 1. The van der Waals surface area contributed by atoms with Crippen molar-refractivity contribution in [1.82, 2.24) is 9.38 Å². The molecule has 0 saturated heterocycles. The molecule has 0 unspecified atom stereocenters. The van der Waals surface area contributed by atoms with Crippen LogP contribution in [0, 0.1) is 20.8 Å². The predicted octanol–water partition coefficient (Wildman–Crippen LogP) is 4.25. The summed E-state index contributed by atoms with van der Waals surface area (Å²) in [6, 6.07) is 13.2. The number of hydrogen-bond donors (Lipinski definition) is 1. The van der Waals surface area contributed by atoms with Gasteiger partial charge in [0.25, 0.3) is 0 Å². The van der Waals surface area contributed by atoms with E-state index in [0.29, 0.717) is 22.8 Å². The van der Waals surface area contributed by atoms with E-state index in [1.165, 1.54) is 6.07 Å². The lowest BCUT2D eigenvalue weighted by molar-refractivity contribution is 0.438. The van der Waals surface area contributed by atoms with Crippen molar-refractivity contribution in [2.75, 3.05) is 0 Å². The van der Waals surface area contributed by atoms with Crippen LogP contribution in [0.25, 0.3) is 28.2 Å². The lowest BCUT2D eigenvalue weighted by Gasteiger charge is -2.08. The van der Waals surface area contributed by atoms with Gasteiger partial charge in [-0.25, -0.2) is 9.78 Å². The molecular weight excluding hydrogens is 328 g/mol. The fourth-order valence-electron chi connectivity index (χ4n) is 3.12. The van der Waals surface area contributed by atoms with Gasteiger partial charge in [-0.2, -0.15) is 0 Å². The van der Waals surface area contributed by atoms with Crippen LogP contribution in [0.15, 0.2) is 57.9 Å². The van der Waals surface area contributed by atoms with E-state index in [4.69, 9.17) is 9.40 Å². The van der Waals surface area contributed by atoms with Crippen LogP contribution in [0.3, 0.4) is 0 Å². The third-order valence-corrected chi connectivity index (χ3v) is 4.38. The average Bonchev–Trinajstić information content (AvgIpc) is 2.93. The number of aromatic hydroxyl groups is 1. The molecule has 5 heteroatoms. The Morgan fingerprint density at radius 2 is 1.69 bits per heavy atom. The second kappa shape index (κ2) is 5.88. The minimum atomic E-state index is -0.584. The van der Waals surface area contributed by atoms with Crippen molar-refractivity contribution >= 4 is 5.65 Å². The molecule has 5 nitrogen and oxygen atoms in total. The van der Waals surface area contributed by atoms with E-state index in [9.17, 15) is 9.90 Å². The maximum atomic E-state index is 12.6. The zero-order chi connectivity index (χ0) is 18.4. The van der Waals surface area contributed by atoms with Gasteiger partial charge in [0.2, 0.25) is 0 Å². The van der Waals surface area contributed by atoms with Crippen LogP contribution < -0.4 is 5.63 Å². The van der Waals surface area contributed by atoms with Gasteiger partial charge >= 0.3 is 5.63 Å². The van der Waals surface area contributed by atoms with Gasteiger partial charge in [-0.15, -0.1) is 0 Å². The summed E-state index contributed by atoms with van der Waals surface area (Å²) in [6.07, 6.45) is 1.90. The summed E-state index contributed by atoms with van der Waals surface area (Å²) in [4.78, 5) is 17.3. The van der Waals surface area contributed by atoms with Gasteiger partial charge in [0.1, 0.15) is 22.7 Å². The molecule has 1 aromatic carbocycles. The molecule has 26 heavy (non-hydrogen) atoms. The molecule has 4 rings (SSSR count). The summed E-state index contributed by atoms with van der Waals surface area (Å²) in [5.41, 5.74) is 4.39. The second-order valence-corrected chi connectivity index (χ2v) is 6.51. The molecule has 0 fully saturated rings. The molecule has 1 N–H and O–H groups in total. The Morgan fingerprint density at radius 3 is 2.38 bits per heavy atom. The van der Waals surface area contributed by atoms with Crippen molar-refractivity contribution in [3.05, 3.63) is 76.0 Å². The van der Waals surface area contributed by atoms with E-state index in [1.807, 2.05) is 60.8 Å². The summed E-state index contributed by atoms with van der Waals surface area (Å²) in [5.74, 6) is 0.244. The Hall–Kier alpha value is -3.34. The molecule has 3 aromatic heterocycles. The first-order valence-electron chi connectivity index (χ1n) is 8.34. The Kier molecular flexibility index (Phi) is 3.65. The maximum absolute atomic E-state index is 12.6. The van der Waals surface area contributed by atoms with E-state index >= 15 is 0 Å². The van der Waals surface area contributed by atoms with Gasteiger partial charge in [-0.05, 0) is 32.4 Å². The van der Waals surface area contributed by atoms with E-state index in [2.05, 4.69) is 0 Å². The number of hydrogen-bond acceptors (Lipinski definition) is 4. The molecular formula is C21H18N2O3. The van der Waals surface area contributed by atoms with E-state index in [-0.39, 0.29) is 11.3 Å². The average molecular weight is 346 g/mol. The molecule has 0 atom stereocenters. The van der Waals surface area contributed by atoms with E-state index in [1.54, 1.807) is 6.92 Å². The number of pyridine rings is 1. The highest BCUT2D eigenvalue weighted by Gasteiger charge is 2.22. The smallest absolute Gasteiger partial charge is 0.349 e. The van der Waals surface area contributed by atoms with Gasteiger partial charge in [0.15, 0.2) is 0 Å². The molecule has 0 aliphatic heterocycles. The fraction of sp³-hybridized carbons (Fsp3) is 0.143. The molecule has 0 bridgehead atoms. The number of aromatic nitrogens is 2. The molecule has 0 aliphatic carbocycles. The van der Waals surface area contributed by atoms with Crippen LogP contribution in [0.5, 0.6) is 5.75 Å². The SMILES string of the molecule is Cc1ccc(-c2nc3ccc(C)cn3c2-c2c(O)cc(C)oc2=O)cc1. The first kappa shape index (κ1) is 16.1. The summed E-state index contributed by atoms with van der Waals surface area (Å²) < 4.78 is 7.07. The molecule has 0 radical (unpaired) electrons. The normalized spacial score (nSPS) is 11.2. The minimum Gasteiger partial charge on any atom is -0.507 e. The van der Waals surface area contributed by atoms with Crippen molar-refractivity contribution in [3.63, 3.8) is 0 Å². The van der Waals surface area contributed by atoms with Crippen LogP contribution in [-0.2, 0) is 0 Å². The summed E-state index contributed by atoms with van der Waals surface area (Å²) in [5, 5.41) is 10.5. The van der Waals surface area contributed by atoms with Crippen molar-refractivity contribution in [2.45, 2.75) is 20.8 Å². The number of rotatable bonds is 2. The highest BCUT2D eigenvalue weighted by atomic mass is 16.4. The Labute approximate surface area is 150 Å². The van der Waals surface area contributed by atoms with Crippen LogP contribution in [-0.4, -0.2) is 14.5 Å². The van der Waals surface area contributed by atoms with E-state index in [0.717, 1.165) is 16.7 Å². The molecule has 0 saturated carbocycles. The van der Waals surface area contributed by atoms with Crippen LogP contribution >= 0.6 is 0 Å². The molecule has 4 aromatic rings. The lowest BCUT2D eigenvalue weighted by atomic mass is 10.0. The Balaban J connectivity index is 2.13. The molecule has 0 aliphatic rings. The Bertz CT molecular complexity index is 1180. The van der Waals surface area contributed by atoms with Gasteiger partial charge in [-0.3, -0.25) is 4.40 Å². The summed E-state index contributed by atoms with van der Waals surface area (Å²) in [6.45, 7) is 5.61. The topological polar surface area (TPSA) is 67.7 Å². The number of nitrogens with zero attached hydrogens (tertiary/aromatic N) is 2. The first-order valence-corrected chi connectivity index (χ1v) is 8.34. The maximum Gasteiger partial charge on any atom is 0.349 e. The minimum absolute atomic E-state index is 0.115. The number of aryl methyl sites for hydroxylation is 3. The van der Waals surface area contributed by atoms with Crippen molar-refractivity contribution in [3.8, 4) is 28.3 Å². The third kappa shape index (κ3) is 2.58. The standard InChI is InChI=1S/C21H18N2O3/c1-12-4-7-15(8-5-12)19-20(18-16(24)10-14(3)26-21(18)25)23-11-13(2)6-9-17(23)22-19/h4-11,24H,1-3H3. The van der Waals surface area contributed by atoms with E-state index < -0.39 is 5.63 Å². The van der Waals surface area contributed by atoms with Crippen LogP contribution in [0.4, 0.5) is 0 Å². The molecule has 130 valence electrons. The summed E-state index contributed by atoms with van der Waals surface area (Å²) in [7, 11) is 0. The highest BCUT2D eigenvalue weighted by molar-refractivity contribution is 5.84. The predicted molar refractivity (Wildman–Crippen MR) is 100 cm³/mol. The quantitative estimate of drug-likeness (QED) is 0.589. The van der Waals surface area contributed by atoms with Crippen LogP contribution in [0.1, 0.15) is 16.9 Å². The zero-order valence-electron chi connectivity index (χ0n) is 14.8. The van der Waals surface area contributed by atoms with Crippen molar-refractivity contribution in [2.24, 2.45) is 0 Å². The summed E-state index contributed by atoms with van der Waals surface area (Å²) >= 11 is 0. The number of imidazole rings is 1. The van der Waals surface area contributed by atoms with Gasteiger partial charge < -0.3 is 9.52 Å². The van der Waals surface area contributed by atoms with Gasteiger partial charge in [0, 0.05) is 17.8 Å². The Morgan fingerprint density at radius 1 is 1.00 bits per heavy atom. The second-order valence-electron chi connectivity index (χ2n) is 6.51. The van der Waals surface area contributed by atoms with Gasteiger partial charge in [0.05, 0.1) is 11.4 Å². The first-order chi connectivity index (χ1) is 12.4. The van der Waals surface area contributed by atoms with Gasteiger partial charge in [-0.1, -0.05) is 35.9 Å². The van der Waals surface area contributed by atoms with Crippen LogP contribution in [0.2, 0.25) is 0 Å². The zero-order valence-corrected chi connectivity index (χ0v) is 14.8. The number of fused-ring (bicyclic) bond motifs is 1. The lowest BCUT2D eigenvalue weighted by Crippen LogP contribution is -2.06. The molecule has 0 amide bonds. The van der Waals surface area contributed by atoms with Crippen molar-refractivity contribution < 1.29 is 9.52 Å².